The van der Waals surface area contributed by atoms with Gasteiger partial charge in [-0.1, -0.05) is 0 Å². The lowest BCUT2D eigenvalue weighted by Crippen LogP contribution is -2.33. The zero-order valence-corrected chi connectivity index (χ0v) is 14.0. The Morgan fingerprint density at radius 3 is 3.00 bits per heavy atom. The Morgan fingerprint density at radius 2 is 2.37 bits per heavy atom. The molecule has 1 aliphatic rings. The number of hydrogen-bond acceptors (Lipinski definition) is 3. The van der Waals surface area contributed by atoms with Gasteiger partial charge in [0.15, 0.2) is 0 Å². The Kier molecular flexibility index (Phi) is 7.99. The van der Waals surface area contributed by atoms with E-state index in [4.69, 9.17) is 0 Å². The molecule has 2 rings (SSSR count). The molecule has 0 aromatic carbocycles. The number of rotatable bonds is 5. The second-order valence-electron chi connectivity index (χ2n) is 4.73. The van der Waals surface area contributed by atoms with Gasteiger partial charge in [0.25, 0.3) is 0 Å². The lowest BCUT2D eigenvalue weighted by atomic mass is 9.96. The summed E-state index contributed by atoms with van der Waals surface area (Å²) in [5.41, 5.74) is 0. The average molecular weight is 368 g/mol. The van der Waals surface area contributed by atoms with E-state index >= 15 is 0 Å². The molecule has 0 spiro atoms. The Balaban J connectivity index is 0.00000180. The topological polar surface area (TPSA) is 41.1 Å². The highest BCUT2D eigenvalue weighted by Crippen LogP contribution is 2.22. The molecule has 3 nitrogen and oxygen atoms in total. The van der Waals surface area contributed by atoms with E-state index in [9.17, 15) is 4.79 Å². The minimum absolute atomic E-state index is 0. The summed E-state index contributed by atoms with van der Waals surface area (Å²) < 4.78 is 1.08. The summed E-state index contributed by atoms with van der Waals surface area (Å²) in [5.74, 6) is 0.864. The van der Waals surface area contributed by atoms with Gasteiger partial charge in [-0.3, -0.25) is 4.79 Å². The smallest absolute Gasteiger partial charge is 0.225 e. The first-order valence-corrected chi connectivity index (χ1v) is 8.06. The second-order valence-corrected chi connectivity index (χ2v) is 7.28. The van der Waals surface area contributed by atoms with E-state index in [1.54, 1.807) is 11.3 Å². The molecule has 1 fully saturated rings. The molecule has 6 heteroatoms. The quantitative estimate of drug-likeness (QED) is 0.840. The molecule has 19 heavy (non-hydrogen) atoms. The number of carbonyl (C=O) groups excluding carboxylic acids is 1. The van der Waals surface area contributed by atoms with Crippen LogP contribution in [-0.4, -0.2) is 25.5 Å². The summed E-state index contributed by atoms with van der Waals surface area (Å²) >= 11 is 5.03. The van der Waals surface area contributed by atoms with Crippen LogP contribution in [0, 0.1) is 5.92 Å². The molecule has 1 atom stereocenters. The molecule has 1 aromatic heterocycles. The lowest BCUT2D eigenvalue weighted by molar-refractivity contribution is -0.120. The standard InChI is InChI=1S/C13H19BrN2OS.ClH/c14-12-4-3-11(18-12)8-13(17)16-7-5-10-2-1-6-15-9-10;/h3-4,10,15H,1-2,5-9H2,(H,16,17);1H. The van der Waals surface area contributed by atoms with Gasteiger partial charge < -0.3 is 10.6 Å². The maximum atomic E-state index is 11.7. The highest BCUT2D eigenvalue weighted by atomic mass is 79.9. The molecule has 0 aliphatic carbocycles. The number of thiophene rings is 1. The first-order chi connectivity index (χ1) is 8.74. The zero-order valence-electron chi connectivity index (χ0n) is 10.8. The molecule has 0 radical (unpaired) electrons. The van der Waals surface area contributed by atoms with E-state index in [1.807, 2.05) is 12.1 Å². The van der Waals surface area contributed by atoms with Gasteiger partial charge in [-0.2, -0.15) is 0 Å². The van der Waals surface area contributed by atoms with Crippen molar-refractivity contribution in [1.29, 1.82) is 0 Å². The van der Waals surface area contributed by atoms with E-state index in [0.29, 0.717) is 6.42 Å². The van der Waals surface area contributed by atoms with Crippen LogP contribution >= 0.6 is 39.7 Å². The van der Waals surface area contributed by atoms with Gasteiger partial charge in [0.1, 0.15) is 0 Å². The van der Waals surface area contributed by atoms with Crippen molar-refractivity contribution >= 4 is 45.6 Å². The van der Waals surface area contributed by atoms with Crippen molar-refractivity contribution in [2.75, 3.05) is 19.6 Å². The van der Waals surface area contributed by atoms with Crippen molar-refractivity contribution in [3.63, 3.8) is 0 Å². The van der Waals surface area contributed by atoms with Crippen LogP contribution in [0.1, 0.15) is 24.1 Å². The molecule has 1 aliphatic heterocycles. The second kappa shape index (κ2) is 8.95. The number of carbonyl (C=O) groups is 1. The summed E-state index contributed by atoms with van der Waals surface area (Å²) in [4.78, 5) is 12.8. The number of nitrogens with one attached hydrogen (secondary N) is 2. The third-order valence-electron chi connectivity index (χ3n) is 3.24. The van der Waals surface area contributed by atoms with Gasteiger partial charge in [-0.05, 0) is 66.3 Å². The van der Waals surface area contributed by atoms with E-state index in [0.717, 1.165) is 40.6 Å². The van der Waals surface area contributed by atoms with E-state index in [2.05, 4.69) is 26.6 Å². The average Bonchev–Trinajstić information content (AvgIpc) is 2.76. The largest absolute Gasteiger partial charge is 0.356 e. The van der Waals surface area contributed by atoms with Crippen LogP contribution < -0.4 is 10.6 Å². The van der Waals surface area contributed by atoms with Crippen molar-refractivity contribution in [2.45, 2.75) is 25.7 Å². The minimum Gasteiger partial charge on any atom is -0.356 e. The molecular weight excluding hydrogens is 348 g/mol. The van der Waals surface area contributed by atoms with Gasteiger partial charge in [0.2, 0.25) is 5.91 Å². The van der Waals surface area contributed by atoms with E-state index in [-0.39, 0.29) is 18.3 Å². The SMILES string of the molecule is Cl.O=C(Cc1ccc(Br)s1)NCCC1CCCNC1. The fourth-order valence-corrected chi connectivity index (χ4v) is 3.74. The van der Waals surface area contributed by atoms with Crippen LogP contribution in [0.4, 0.5) is 0 Å². The normalized spacial score (nSPS) is 18.7. The van der Waals surface area contributed by atoms with Crippen LogP contribution in [0.3, 0.4) is 0 Å². The summed E-state index contributed by atoms with van der Waals surface area (Å²) in [6, 6.07) is 3.99. The van der Waals surface area contributed by atoms with E-state index in [1.165, 1.54) is 12.8 Å². The zero-order chi connectivity index (χ0) is 12.8. The van der Waals surface area contributed by atoms with Gasteiger partial charge in [-0.15, -0.1) is 23.7 Å². The summed E-state index contributed by atoms with van der Waals surface area (Å²) in [6.45, 7) is 3.06. The molecule has 1 saturated heterocycles. The van der Waals surface area contributed by atoms with Crippen molar-refractivity contribution in [3.05, 3.63) is 20.8 Å². The molecule has 1 unspecified atom stereocenters. The Hall–Kier alpha value is -0.100. The predicted molar refractivity (Wildman–Crippen MR) is 86.2 cm³/mol. The number of halogens is 2. The van der Waals surface area contributed by atoms with Crippen LogP contribution in [0.15, 0.2) is 15.9 Å². The predicted octanol–water partition coefficient (Wildman–Crippen LogP) is 2.98. The Bertz CT molecular complexity index is 394. The van der Waals surface area contributed by atoms with Crippen molar-refractivity contribution in [2.24, 2.45) is 5.92 Å². The number of amides is 1. The molecular formula is C13H20BrClN2OS. The highest BCUT2D eigenvalue weighted by Gasteiger charge is 2.13. The molecule has 108 valence electrons. The third-order valence-corrected chi connectivity index (χ3v) is 4.86. The van der Waals surface area contributed by atoms with Crippen molar-refractivity contribution in [1.82, 2.24) is 10.6 Å². The van der Waals surface area contributed by atoms with Gasteiger partial charge in [0.05, 0.1) is 10.2 Å². The monoisotopic (exact) mass is 366 g/mol. The third kappa shape index (κ3) is 6.25. The molecule has 2 N–H and O–H groups in total. The fourth-order valence-electron chi connectivity index (χ4n) is 2.25. The molecule has 2 heterocycles. The highest BCUT2D eigenvalue weighted by molar-refractivity contribution is 9.11. The number of hydrogen-bond donors (Lipinski definition) is 2. The summed E-state index contributed by atoms with van der Waals surface area (Å²) in [7, 11) is 0. The summed E-state index contributed by atoms with van der Waals surface area (Å²) in [6.07, 6.45) is 4.15. The first kappa shape index (κ1) is 17.0. The number of piperidine rings is 1. The van der Waals surface area contributed by atoms with Crippen LogP contribution in [0.5, 0.6) is 0 Å². The first-order valence-electron chi connectivity index (χ1n) is 6.45. The fraction of sp³-hybridized carbons (Fsp3) is 0.615. The molecule has 0 bridgehead atoms. The van der Waals surface area contributed by atoms with Crippen LogP contribution in [0.25, 0.3) is 0 Å². The molecule has 1 amide bonds. The van der Waals surface area contributed by atoms with Gasteiger partial charge in [-0.25, -0.2) is 0 Å². The maximum Gasteiger partial charge on any atom is 0.225 e. The Morgan fingerprint density at radius 1 is 1.53 bits per heavy atom. The van der Waals surface area contributed by atoms with Crippen molar-refractivity contribution < 1.29 is 4.79 Å². The van der Waals surface area contributed by atoms with Crippen molar-refractivity contribution in [3.8, 4) is 0 Å². The van der Waals surface area contributed by atoms with Crippen LogP contribution in [0.2, 0.25) is 0 Å². The van der Waals surface area contributed by atoms with E-state index < -0.39 is 0 Å². The molecule has 1 aromatic rings. The summed E-state index contributed by atoms with van der Waals surface area (Å²) in [5, 5.41) is 6.41. The maximum absolute atomic E-state index is 11.7. The minimum atomic E-state index is 0. The Labute approximate surface area is 133 Å². The molecule has 0 saturated carbocycles. The van der Waals surface area contributed by atoms with Gasteiger partial charge >= 0.3 is 0 Å². The van der Waals surface area contributed by atoms with Crippen LogP contribution in [-0.2, 0) is 11.2 Å². The van der Waals surface area contributed by atoms with Gasteiger partial charge in [0, 0.05) is 11.4 Å². The lowest BCUT2D eigenvalue weighted by Gasteiger charge is -2.22.